The number of fused-ring (bicyclic) bond motifs is 1. The lowest BCUT2D eigenvalue weighted by Crippen LogP contribution is -2.33. The molecule has 3 N–H and O–H groups in total. The molecule has 0 spiro atoms. The number of amides is 1. The number of rotatable bonds is 4. The molecule has 0 fully saturated rings. The van der Waals surface area contributed by atoms with Gasteiger partial charge in [-0.3, -0.25) is 10.2 Å². The molecular formula is C17H16Cl2N4O. The second-order valence-electron chi connectivity index (χ2n) is 5.54. The van der Waals surface area contributed by atoms with E-state index in [0.29, 0.717) is 22.0 Å². The zero-order valence-corrected chi connectivity index (χ0v) is 14.5. The number of hydrogen-bond acceptors (Lipinski definition) is 3. The highest BCUT2D eigenvalue weighted by Crippen LogP contribution is 2.29. The van der Waals surface area contributed by atoms with Gasteiger partial charge in [0, 0.05) is 6.42 Å². The van der Waals surface area contributed by atoms with E-state index in [2.05, 4.69) is 10.4 Å². The van der Waals surface area contributed by atoms with E-state index in [1.165, 1.54) is 0 Å². The van der Waals surface area contributed by atoms with Gasteiger partial charge in [0.05, 0.1) is 21.1 Å². The number of nitrogens with one attached hydrogen (secondary N) is 1. The molecule has 0 unspecified atom stereocenters. The van der Waals surface area contributed by atoms with E-state index in [9.17, 15) is 4.79 Å². The lowest BCUT2D eigenvalue weighted by Gasteiger charge is -2.10. The molecule has 0 atom stereocenters. The fraction of sp³-hybridized carbons (Fsp3) is 0.176. The van der Waals surface area contributed by atoms with E-state index in [0.717, 1.165) is 22.5 Å². The zero-order chi connectivity index (χ0) is 17.3. The lowest BCUT2D eigenvalue weighted by atomic mass is 10.1. The standard InChI is InChI=1S/C17H16Cl2N4O/c1-10-4-2-3-5-11(10)6-16-21-14-7-12(18)13(19)8-15(14)23(16)9-17(24)22-20/h2-5,7-8H,6,9,20H2,1H3,(H,22,24). The maximum absolute atomic E-state index is 11.8. The van der Waals surface area contributed by atoms with Crippen LogP contribution in [0.3, 0.4) is 0 Å². The molecule has 1 heterocycles. The zero-order valence-electron chi connectivity index (χ0n) is 13.0. The van der Waals surface area contributed by atoms with Gasteiger partial charge in [-0.2, -0.15) is 0 Å². The molecule has 1 aromatic heterocycles. The van der Waals surface area contributed by atoms with Gasteiger partial charge in [0.25, 0.3) is 5.91 Å². The Morgan fingerprint density at radius 2 is 1.96 bits per heavy atom. The van der Waals surface area contributed by atoms with Gasteiger partial charge in [-0.1, -0.05) is 47.5 Å². The van der Waals surface area contributed by atoms with Gasteiger partial charge in [-0.05, 0) is 30.2 Å². The Kier molecular flexibility index (Phi) is 4.76. The second kappa shape index (κ2) is 6.81. The van der Waals surface area contributed by atoms with Crippen molar-refractivity contribution in [3.63, 3.8) is 0 Å². The normalized spacial score (nSPS) is 11.0. The maximum atomic E-state index is 11.8. The third-order valence-corrected chi connectivity index (χ3v) is 4.66. The highest BCUT2D eigenvalue weighted by atomic mass is 35.5. The topological polar surface area (TPSA) is 72.9 Å². The van der Waals surface area contributed by atoms with Gasteiger partial charge >= 0.3 is 0 Å². The molecule has 5 nitrogen and oxygen atoms in total. The fourth-order valence-corrected chi connectivity index (χ4v) is 2.97. The Morgan fingerprint density at radius 3 is 2.67 bits per heavy atom. The molecular weight excluding hydrogens is 347 g/mol. The number of hydrogen-bond donors (Lipinski definition) is 2. The number of halogens is 2. The van der Waals surface area contributed by atoms with Crippen LogP contribution in [0.1, 0.15) is 17.0 Å². The summed E-state index contributed by atoms with van der Waals surface area (Å²) in [6.45, 7) is 2.11. The van der Waals surface area contributed by atoms with Gasteiger partial charge in [0.1, 0.15) is 12.4 Å². The molecule has 0 aliphatic rings. The average Bonchev–Trinajstić information content (AvgIpc) is 2.87. The van der Waals surface area contributed by atoms with E-state index in [1.54, 1.807) is 12.1 Å². The third-order valence-electron chi connectivity index (χ3n) is 3.94. The first-order chi connectivity index (χ1) is 11.5. The molecule has 0 radical (unpaired) electrons. The van der Waals surface area contributed by atoms with Crippen molar-refractivity contribution in [2.24, 2.45) is 5.84 Å². The SMILES string of the molecule is Cc1ccccc1Cc1nc2cc(Cl)c(Cl)cc2n1CC(=O)NN. The van der Waals surface area contributed by atoms with Gasteiger partial charge in [0.2, 0.25) is 0 Å². The molecule has 7 heteroatoms. The largest absolute Gasteiger partial charge is 0.318 e. The predicted octanol–water partition coefficient (Wildman–Crippen LogP) is 3.23. The minimum Gasteiger partial charge on any atom is -0.318 e. The van der Waals surface area contributed by atoms with Gasteiger partial charge in [-0.15, -0.1) is 0 Å². The van der Waals surface area contributed by atoms with Crippen LogP contribution in [0.4, 0.5) is 0 Å². The Hall–Kier alpha value is -2.08. The van der Waals surface area contributed by atoms with Crippen LogP contribution < -0.4 is 11.3 Å². The first kappa shape index (κ1) is 16.8. The number of benzene rings is 2. The summed E-state index contributed by atoms with van der Waals surface area (Å²) in [4.78, 5) is 16.4. The highest BCUT2D eigenvalue weighted by molar-refractivity contribution is 6.42. The number of nitrogens with zero attached hydrogens (tertiary/aromatic N) is 2. The van der Waals surface area contributed by atoms with Gasteiger partial charge < -0.3 is 4.57 Å². The Morgan fingerprint density at radius 1 is 1.25 bits per heavy atom. The predicted molar refractivity (Wildman–Crippen MR) is 96.1 cm³/mol. The molecule has 0 aliphatic heterocycles. The van der Waals surface area contributed by atoms with Crippen molar-refractivity contribution in [2.45, 2.75) is 19.9 Å². The van der Waals surface area contributed by atoms with Crippen molar-refractivity contribution in [3.8, 4) is 0 Å². The molecule has 24 heavy (non-hydrogen) atoms. The molecule has 1 amide bonds. The smallest absolute Gasteiger partial charge is 0.253 e. The van der Waals surface area contributed by atoms with Crippen molar-refractivity contribution in [2.75, 3.05) is 0 Å². The Labute approximate surface area is 149 Å². The quantitative estimate of drug-likeness (QED) is 0.425. The van der Waals surface area contributed by atoms with Crippen LogP contribution in [0.25, 0.3) is 11.0 Å². The summed E-state index contributed by atoms with van der Waals surface area (Å²) in [6, 6.07) is 11.5. The van der Waals surface area contributed by atoms with Crippen LogP contribution in [0, 0.1) is 6.92 Å². The highest BCUT2D eigenvalue weighted by Gasteiger charge is 2.16. The van der Waals surface area contributed by atoms with Gasteiger partial charge in [-0.25, -0.2) is 10.8 Å². The lowest BCUT2D eigenvalue weighted by molar-refractivity contribution is -0.121. The van der Waals surface area contributed by atoms with Crippen molar-refractivity contribution < 1.29 is 4.79 Å². The van der Waals surface area contributed by atoms with Crippen molar-refractivity contribution in [3.05, 3.63) is 63.4 Å². The summed E-state index contributed by atoms with van der Waals surface area (Å²) in [5.41, 5.74) is 5.89. The number of imidazole rings is 1. The van der Waals surface area contributed by atoms with E-state index in [1.807, 2.05) is 35.8 Å². The molecule has 2 aromatic carbocycles. The Bertz CT molecular complexity index is 920. The summed E-state index contributed by atoms with van der Waals surface area (Å²) in [6.07, 6.45) is 0.592. The summed E-state index contributed by atoms with van der Waals surface area (Å²) in [7, 11) is 0. The summed E-state index contributed by atoms with van der Waals surface area (Å²) < 4.78 is 1.81. The van der Waals surface area contributed by atoms with E-state index >= 15 is 0 Å². The maximum Gasteiger partial charge on any atom is 0.253 e. The molecule has 0 aliphatic carbocycles. The van der Waals surface area contributed by atoms with E-state index in [-0.39, 0.29) is 12.5 Å². The van der Waals surface area contributed by atoms with Crippen molar-refractivity contribution in [1.82, 2.24) is 15.0 Å². The van der Waals surface area contributed by atoms with Crippen LogP contribution >= 0.6 is 23.2 Å². The molecule has 0 saturated carbocycles. The van der Waals surface area contributed by atoms with Crippen molar-refractivity contribution in [1.29, 1.82) is 0 Å². The Balaban J connectivity index is 2.13. The van der Waals surface area contributed by atoms with Crippen LogP contribution in [0.5, 0.6) is 0 Å². The summed E-state index contributed by atoms with van der Waals surface area (Å²) in [5.74, 6) is 5.67. The average molecular weight is 363 g/mol. The van der Waals surface area contributed by atoms with Crippen LogP contribution in [-0.2, 0) is 17.8 Å². The van der Waals surface area contributed by atoms with Crippen LogP contribution in [-0.4, -0.2) is 15.5 Å². The van der Waals surface area contributed by atoms with Gasteiger partial charge in [0.15, 0.2) is 0 Å². The fourth-order valence-electron chi connectivity index (χ4n) is 2.65. The monoisotopic (exact) mass is 362 g/mol. The number of hydrazine groups is 1. The minimum atomic E-state index is -0.314. The molecule has 124 valence electrons. The number of carbonyl (C=O) groups is 1. The minimum absolute atomic E-state index is 0.0617. The molecule has 0 bridgehead atoms. The number of aromatic nitrogens is 2. The first-order valence-electron chi connectivity index (χ1n) is 7.37. The number of aryl methyl sites for hydroxylation is 1. The van der Waals surface area contributed by atoms with Crippen molar-refractivity contribution >= 4 is 40.1 Å². The summed E-state index contributed by atoms with van der Waals surface area (Å²) >= 11 is 12.2. The molecule has 3 aromatic rings. The number of nitrogens with two attached hydrogens (primary N) is 1. The van der Waals surface area contributed by atoms with E-state index in [4.69, 9.17) is 29.0 Å². The molecule has 0 saturated heterocycles. The summed E-state index contributed by atoms with van der Waals surface area (Å²) in [5, 5.41) is 0.848. The molecule has 3 rings (SSSR count). The van der Waals surface area contributed by atoms with Crippen LogP contribution in [0.2, 0.25) is 10.0 Å². The van der Waals surface area contributed by atoms with E-state index < -0.39 is 0 Å². The third kappa shape index (κ3) is 3.24. The van der Waals surface area contributed by atoms with Crippen LogP contribution in [0.15, 0.2) is 36.4 Å². The second-order valence-corrected chi connectivity index (χ2v) is 6.35. The number of carbonyl (C=O) groups excluding carboxylic acids is 1. The first-order valence-corrected chi connectivity index (χ1v) is 8.13.